The summed E-state index contributed by atoms with van der Waals surface area (Å²) in [5, 5.41) is 0. The molecule has 7 nitrogen and oxygen atoms in total. The first-order chi connectivity index (χ1) is 13.7. The van der Waals surface area contributed by atoms with Crippen LogP contribution in [-0.4, -0.2) is 45.7 Å². The quantitative estimate of drug-likeness (QED) is 0.577. The van der Waals surface area contributed by atoms with Gasteiger partial charge in [0.1, 0.15) is 5.75 Å². The summed E-state index contributed by atoms with van der Waals surface area (Å²) >= 11 is 0. The lowest BCUT2D eigenvalue weighted by atomic mass is 10.1. The van der Waals surface area contributed by atoms with Crippen LogP contribution in [0.25, 0.3) is 0 Å². The lowest BCUT2D eigenvalue weighted by molar-refractivity contribution is 0.0671. The Morgan fingerprint density at radius 3 is 2.21 bits per heavy atom. The first-order valence-corrected chi connectivity index (χ1v) is 11.0. The maximum Gasteiger partial charge on any atom is 0.306 e. The van der Waals surface area contributed by atoms with E-state index in [4.69, 9.17) is 13.7 Å². The number of nitrogens with zero attached hydrogens (tertiary/aromatic N) is 1. The van der Waals surface area contributed by atoms with Gasteiger partial charge in [0, 0.05) is 18.2 Å². The van der Waals surface area contributed by atoms with Gasteiger partial charge in [0.2, 0.25) is 0 Å². The van der Waals surface area contributed by atoms with E-state index in [2.05, 4.69) is 0 Å². The van der Waals surface area contributed by atoms with Gasteiger partial charge in [0.05, 0.1) is 20.5 Å². The molecule has 0 heterocycles. The first kappa shape index (κ1) is 22.5. The summed E-state index contributed by atoms with van der Waals surface area (Å²) in [7, 11) is -0.709. The summed E-state index contributed by atoms with van der Waals surface area (Å²) in [6.45, 7) is 4.27. The molecule has 0 unspecified atom stereocenters. The Hall–Kier alpha value is -2.74. The van der Waals surface area contributed by atoms with Crippen LogP contribution in [0.2, 0.25) is 0 Å². The van der Waals surface area contributed by atoms with Crippen molar-refractivity contribution in [2.45, 2.75) is 32.9 Å². The maximum atomic E-state index is 13.1. The average molecular weight is 422 g/mol. The van der Waals surface area contributed by atoms with E-state index in [-0.39, 0.29) is 17.7 Å². The van der Waals surface area contributed by atoms with E-state index in [1.807, 2.05) is 13.8 Å². The molecular formula is C21H27NO6S. The lowest BCUT2D eigenvalue weighted by Crippen LogP contribution is -2.37. The molecule has 0 fully saturated rings. The molecule has 0 radical (unpaired) electrons. The van der Waals surface area contributed by atoms with Crippen molar-refractivity contribution >= 4 is 16.0 Å². The number of hydrogen-bond donors (Lipinski definition) is 0. The molecule has 0 spiro atoms. The zero-order valence-corrected chi connectivity index (χ0v) is 18.2. The van der Waals surface area contributed by atoms with Crippen LogP contribution in [0.15, 0.2) is 42.5 Å². The third-order valence-electron chi connectivity index (χ3n) is 4.54. The fourth-order valence-electron chi connectivity index (χ4n) is 2.79. The Morgan fingerprint density at radius 2 is 1.69 bits per heavy atom. The van der Waals surface area contributed by atoms with Crippen molar-refractivity contribution in [3.05, 3.63) is 53.6 Å². The maximum absolute atomic E-state index is 13.1. The predicted octanol–water partition coefficient (Wildman–Crippen LogP) is 3.48. The molecule has 8 heteroatoms. The number of carbonyl (C=O) groups excluding carboxylic acids is 1. The molecule has 0 aromatic heterocycles. The second-order valence-electron chi connectivity index (χ2n) is 6.69. The van der Waals surface area contributed by atoms with Crippen molar-refractivity contribution in [3.63, 3.8) is 0 Å². The summed E-state index contributed by atoms with van der Waals surface area (Å²) < 4.78 is 38.5. The number of benzene rings is 2. The molecule has 0 aliphatic carbocycles. The highest BCUT2D eigenvalue weighted by Gasteiger charge is 2.22. The van der Waals surface area contributed by atoms with Crippen LogP contribution in [0, 0.1) is 0 Å². The summed E-state index contributed by atoms with van der Waals surface area (Å²) in [5.41, 5.74) is 1.28. The van der Waals surface area contributed by atoms with E-state index in [0.29, 0.717) is 23.6 Å². The third kappa shape index (κ3) is 6.12. The molecule has 0 bridgehead atoms. The molecule has 1 amide bonds. The van der Waals surface area contributed by atoms with Gasteiger partial charge in [-0.05, 0) is 55.3 Å². The van der Waals surface area contributed by atoms with E-state index >= 15 is 0 Å². The van der Waals surface area contributed by atoms with Gasteiger partial charge >= 0.3 is 10.1 Å². The van der Waals surface area contributed by atoms with Crippen LogP contribution in [-0.2, 0) is 16.7 Å². The number of hydrogen-bond acceptors (Lipinski definition) is 6. The zero-order chi connectivity index (χ0) is 21.6. The SMILES string of the molecule is CC[C@@H](C)N(Cc1ccc(OC)c(OS(C)(=O)=O)c1)C(=O)c1ccc(OC)cc1. The molecule has 0 saturated carbocycles. The van der Waals surface area contributed by atoms with Crippen molar-refractivity contribution < 1.29 is 26.9 Å². The molecule has 0 saturated heterocycles. The monoisotopic (exact) mass is 421 g/mol. The van der Waals surface area contributed by atoms with Crippen molar-refractivity contribution in [2.24, 2.45) is 0 Å². The van der Waals surface area contributed by atoms with Crippen LogP contribution in [0.1, 0.15) is 36.2 Å². The minimum absolute atomic E-state index is 0.0222. The molecule has 0 aliphatic heterocycles. The fourth-order valence-corrected chi connectivity index (χ4v) is 3.25. The third-order valence-corrected chi connectivity index (χ3v) is 5.03. The Labute approximate surface area is 172 Å². The van der Waals surface area contributed by atoms with Crippen molar-refractivity contribution in [1.29, 1.82) is 0 Å². The highest BCUT2D eigenvalue weighted by atomic mass is 32.2. The van der Waals surface area contributed by atoms with Gasteiger partial charge in [-0.25, -0.2) is 0 Å². The zero-order valence-electron chi connectivity index (χ0n) is 17.3. The smallest absolute Gasteiger partial charge is 0.306 e. The molecule has 0 N–H and O–H groups in total. The van der Waals surface area contributed by atoms with Crippen LogP contribution < -0.4 is 13.7 Å². The summed E-state index contributed by atoms with van der Waals surface area (Å²) in [6, 6.07) is 11.9. The molecule has 2 aromatic rings. The van der Waals surface area contributed by atoms with Gasteiger partial charge in [-0.3, -0.25) is 4.79 Å². The van der Waals surface area contributed by atoms with Crippen molar-refractivity contribution in [2.75, 3.05) is 20.5 Å². The van der Waals surface area contributed by atoms with Crippen molar-refractivity contribution in [3.8, 4) is 17.2 Å². The van der Waals surface area contributed by atoms with Gasteiger partial charge in [-0.2, -0.15) is 8.42 Å². The van der Waals surface area contributed by atoms with E-state index < -0.39 is 10.1 Å². The normalized spacial score (nSPS) is 12.2. The number of rotatable bonds is 9. The highest BCUT2D eigenvalue weighted by Crippen LogP contribution is 2.30. The average Bonchev–Trinajstić information content (AvgIpc) is 2.70. The Morgan fingerprint density at radius 1 is 1.03 bits per heavy atom. The summed E-state index contributed by atoms with van der Waals surface area (Å²) in [6.07, 6.45) is 1.74. The van der Waals surface area contributed by atoms with Crippen LogP contribution in [0.5, 0.6) is 17.2 Å². The number of methoxy groups -OCH3 is 2. The molecule has 0 aliphatic rings. The summed E-state index contributed by atoms with van der Waals surface area (Å²) in [5.74, 6) is 0.946. The van der Waals surface area contributed by atoms with E-state index in [0.717, 1.165) is 18.2 Å². The van der Waals surface area contributed by atoms with Crippen LogP contribution >= 0.6 is 0 Å². The Kier molecular flexibility index (Phi) is 7.50. The van der Waals surface area contributed by atoms with Gasteiger partial charge < -0.3 is 18.6 Å². The molecular weight excluding hydrogens is 394 g/mol. The molecule has 29 heavy (non-hydrogen) atoms. The summed E-state index contributed by atoms with van der Waals surface area (Å²) in [4.78, 5) is 14.9. The van der Waals surface area contributed by atoms with Gasteiger partial charge in [0.25, 0.3) is 5.91 Å². The van der Waals surface area contributed by atoms with Gasteiger partial charge in [-0.1, -0.05) is 13.0 Å². The minimum atomic E-state index is -3.71. The molecule has 2 rings (SSSR count). The van der Waals surface area contributed by atoms with Crippen molar-refractivity contribution in [1.82, 2.24) is 4.90 Å². The minimum Gasteiger partial charge on any atom is -0.497 e. The van der Waals surface area contributed by atoms with E-state index in [1.54, 1.807) is 54.5 Å². The van der Waals surface area contributed by atoms with Crippen LogP contribution in [0.4, 0.5) is 0 Å². The molecule has 158 valence electrons. The second kappa shape index (κ2) is 9.65. The fraction of sp³-hybridized carbons (Fsp3) is 0.381. The van der Waals surface area contributed by atoms with Gasteiger partial charge in [-0.15, -0.1) is 0 Å². The highest BCUT2D eigenvalue weighted by molar-refractivity contribution is 7.86. The van der Waals surface area contributed by atoms with E-state index in [9.17, 15) is 13.2 Å². The Bertz CT molecular complexity index is 940. The standard InChI is InChI=1S/C21H27NO6S/c1-6-15(2)22(21(23)17-8-10-18(26-3)11-9-17)14-16-7-12-19(27-4)20(13-16)28-29(5,24)25/h7-13,15H,6,14H2,1-5H3/t15-/m1/s1. The topological polar surface area (TPSA) is 82.1 Å². The Balaban J connectivity index is 2.34. The van der Waals surface area contributed by atoms with Crippen LogP contribution in [0.3, 0.4) is 0 Å². The lowest BCUT2D eigenvalue weighted by Gasteiger charge is -2.29. The number of amides is 1. The first-order valence-electron chi connectivity index (χ1n) is 9.19. The number of carbonyl (C=O) groups is 1. The predicted molar refractivity (Wildman–Crippen MR) is 111 cm³/mol. The van der Waals surface area contributed by atoms with E-state index in [1.165, 1.54) is 7.11 Å². The van der Waals surface area contributed by atoms with Gasteiger partial charge in [0.15, 0.2) is 11.5 Å². The largest absolute Gasteiger partial charge is 0.497 e. The number of ether oxygens (including phenoxy) is 2. The second-order valence-corrected chi connectivity index (χ2v) is 8.27. The molecule has 1 atom stereocenters. The molecule has 2 aromatic carbocycles.